The van der Waals surface area contributed by atoms with Crippen molar-refractivity contribution in [1.82, 2.24) is 14.8 Å². The van der Waals surface area contributed by atoms with Gasteiger partial charge in [-0.25, -0.2) is 0 Å². The van der Waals surface area contributed by atoms with Crippen molar-refractivity contribution in [2.45, 2.75) is 6.42 Å². The number of ether oxygens (including phenoxy) is 1. The van der Waals surface area contributed by atoms with Crippen molar-refractivity contribution in [2.75, 3.05) is 53.6 Å². The van der Waals surface area contributed by atoms with Gasteiger partial charge in [-0.15, -0.1) is 0 Å². The third kappa shape index (κ3) is 5.27. The molecule has 0 bridgehead atoms. The lowest BCUT2D eigenvalue weighted by molar-refractivity contribution is 0.0446. The minimum atomic E-state index is -0.0479. The summed E-state index contributed by atoms with van der Waals surface area (Å²) in [6.45, 7) is 3.89. The van der Waals surface area contributed by atoms with E-state index in [1.807, 2.05) is 11.0 Å². The van der Waals surface area contributed by atoms with Crippen LogP contribution in [-0.4, -0.2) is 79.3 Å². The molecule has 0 unspecified atom stereocenters. The minimum Gasteiger partial charge on any atom is -0.396 e. The second-order valence-corrected chi connectivity index (χ2v) is 6.33. The fourth-order valence-corrected chi connectivity index (χ4v) is 3.18. The van der Waals surface area contributed by atoms with E-state index in [9.17, 15) is 9.90 Å². The Labute approximate surface area is 138 Å². The Morgan fingerprint density at radius 3 is 2.87 bits per heavy atom. The minimum absolute atomic E-state index is 0.0479. The monoisotopic (exact) mass is 321 g/mol. The van der Waals surface area contributed by atoms with Crippen LogP contribution in [0.4, 0.5) is 0 Å². The van der Waals surface area contributed by atoms with Gasteiger partial charge in [0.05, 0.1) is 6.61 Å². The fraction of sp³-hybridized carbons (Fsp3) is 0.647. The number of hydrogen-bond donors (Lipinski definition) is 1. The quantitative estimate of drug-likeness (QED) is 0.802. The maximum absolute atomic E-state index is 12.6. The first-order valence-corrected chi connectivity index (χ1v) is 8.12. The van der Waals surface area contributed by atoms with Crippen molar-refractivity contribution in [2.24, 2.45) is 11.8 Å². The number of nitrogens with zero attached hydrogens (tertiary/aromatic N) is 3. The summed E-state index contributed by atoms with van der Waals surface area (Å²) in [4.78, 5) is 20.8. The molecule has 1 saturated heterocycles. The van der Waals surface area contributed by atoms with E-state index in [-0.39, 0.29) is 18.4 Å². The Hall–Kier alpha value is -1.50. The summed E-state index contributed by atoms with van der Waals surface area (Å²) in [6, 6.07) is 5.37. The molecule has 1 aromatic heterocycles. The molecule has 0 saturated carbocycles. The summed E-state index contributed by atoms with van der Waals surface area (Å²) in [5, 5.41) is 9.57. The molecule has 23 heavy (non-hydrogen) atoms. The maximum Gasteiger partial charge on any atom is 0.272 e. The van der Waals surface area contributed by atoms with E-state index >= 15 is 0 Å². The van der Waals surface area contributed by atoms with Crippen molar-refractivity contribution in [3.05, 3.63) is 30.1 Å². The van der Waals surface area contributed by atoms with Crippen LogP contribution in [0, 0.1) is 11.8 Å². The third-order valence-electron chi connectivity index (χ3n) is 4.30. The summed E-state index contributed by atoms with van der Waals surface area (Å²) < 4.78 is 5.11. The molecule has 6 heteroatoms. The molecule has 0 spiro atoms. The predicted molar refractivity (Wildman–Crippen MR) is 88.2 cm³/mol. The zero-order chi connectivity index (χ0) is 16.7. The van der Waals surface area contributed by atoms with E-state index in [2.05, 4.69) is 16.9 Å². The number of methoxy groups -OCH3 is 1. The number of likely N-dealkylation sites (tertiary alicyclic amines) is 1. The summed E-state index contributed by atoms with van der Waals surface area (Å²) in [5.74, 6) is 0.445. The third-order valence-corrected chi connectivity index (χ3v) is 4.30. The highest BCUT2D eigenvalue weighted by atomic mass is 16.5. The Morgan fingerprint density at radius 2 is 2.22 bits per heavy atom. The number of rotatable bonds is 7. The highest BCUT2D eigenvalue weighted by molar-refractivity contribution is 5.92. The molecular formula is C17H27N3O3. The van der Waals surface area contributed by atoms with Gasteiger partial charge in [-0.3, -0.25) is 9.78 Å². The molecular weight excluding hydrogens is 294 g/mol. The smallest absolute Gasteiger partial charge is 0.272 e. The van der Waals surface area contributed by atoms with Crippen LogP contribution in [0.1, 0.15) is 16.9 Å². The van der Waals surface area contributed by atoms with E-state index < -0.39 is 0 Å². The van der Waals surface area contributed by atoms with Gasteiger partial charge in [0.1, 0.15) is 5.69 Å². The molecule has 1 aliphatic heterocycles. The van der Waals surface area contributed by atoms with Gasteiger partial charge in [-0.05, 0) is 37.4 Å². The average Bonchev–Trinajstić information content (AvgIpc) is 2.59. The van der Waals surface area contributed by atoms with Crippen LogP contribution >= 0.6 is 0 Å². The summed E-state index contributed by atoms with van der Waals surface area (Å²) in [5.41, 5.74) is 0.470. The molecule has 1 amide bonds. The molecule has 2 atom stereocenters. The number of aliphatic hydroxyl groups is 1. The van der Waals surface area contributed by atoms with Gasteiger partial charge in [-0.2, -0.15) is 0 Å². The zero-order valence-electron chi connectivity index (χ0n) is 14.0. The molecule has 0 aromatic carbocycles. The van der Waals surface area contributed by atoms with Crippen molar-refractivity contribution in [3.8, 4) is 0 Å². The number of carbonyl (C=O) groups is 1. The van der Waals surface area contributed by atoms with E-state index in [4.69, 9.17) is 4.74 Å². The lowest BCUT2D eigenvalue weighted by Crippen LogP contribution is -2.48. The number of aliphatic hydroxyl groups excluding tert-OH is 1. The van der Waals surface area contributed by atoms with Gasteiger partial charge < -0.3 is 19.6 Å². The average molecular weight is 321 g/mol. The number of piperidine rings is 1. The number of hydrogen-bond acceptors (Lipinski definition) is 5. The van der Waals surface area contributed by atoms with Crippen molar-refractivity contribution >= 4 is 5.91 Å². The number of aromatic nitrogens is 1. The topological polar surface area (TPSA) is 65.9 Å². The molecule has 0 aliphatic carbocycles. The van der Waals surface area contributed by atoms with Crippen LogP contribution in [0.5, 0.6) is 0 Å². The molecule has 1 fully saturated rings. The zero-order valence-corrected chi connectivity index (χ0v) is 14.0. The number of carbonyl (C=O) groups excluding carboxylic acids is 1. The summed E-state index contributed by atoms with van der Waals surface area (Å²) in [7, 11) is 3.76. The van der Waals surface area contributed by atoms with Gasteiger partial charge in [0, 0.05) is 46.1 Å². The Kier molecular flexibility index (Phi) is 6.95. The van der Waals surface area contributed by atoms with Crippen LogP contribution in [0.25, 0.3) is 0 Å². The van der Waals surface area contributed by atoms with Crippen LogP contribution in [0.15, 0.2) is 24.4 Å². The Morgan fingerprint density at radius 1 is 1.43 bits per heavy atom. The van der Waals surface area contributed by atoms with Crippen molar-refractivity contribution in [1.29, 1.82) is 0 Å². The standard InChI is InChI=1S/C17H27N3O3/c1-19(7-8-23-2)10-14-9-15(13-21)12-20(11-14)17(22)16-5-3-4-6-18-16/h3-6,14-15,21H,7-13H2,1-2H3/t14-,15-/m1/s1. The van der Waals surface area contributed by atoms with Gasteiger partial charge in [0.2, 0.25) is 0 Å². The molecule has 2 heterocycles. The molecule has 6 nitrogen and oxygen atoms in total. The van der Waals surface area contributed by atoms with Gasteiger partial charge in [-0.1, -0.05) is 6.07 Å². The number of pyridine rings is 1. The van der Waals surface area contributed by atoms with E-state index in [0.717, 1.165) is 19.5 Å². The van der Waals surface area contributed by atoms with E-state index in [1.54, 1.807) is 25.4 Å². The first-order chi connectivity index (χ1) is 11.1. The van der Waals surface area contributed by atoms with Gasteiger partial charge >= 0.3 is 0 Å². The van der Waals surface area contributed by atoms with Crippen molar-refractivity contribution < 1.29 is 14.6 Å². The molecule has 1 aliphatic rings. The molecule has 0 radical (unpaired) electrons. The SMILES string of the molecule is COCCN(C)C[C@H]1C[C@@H](CO)CN(C(=O)c2ccccn2)C1. The number of likely N-dealkylation sites (N-methyl/N-ethyl adjacent to an activating group) is 1. The number of amides is 1. The summed E-state index contributed by atoms with van der Waals surface area (Å²) >= 11 is 0. The van der Waals surface area contributed by atoms with E-state index in [1.165, 1.54) is 0 Å². The van der Waals surface area contributed by atoms with Crippen molar-refractivity contribution in [3.63, 3.8) is 0 Å². The largest absolute Gasteiger partial charge is 0.396 e. The predicted octanol–water partition coefficient (Wildman–Crippen LogP) is 0.730. The summed E-state index contributed by atoms with van der Waals surface area (Å²) in [6.07, 6.45) is 2.58. The second-order valence-electron chi connectivity index (χ2n) is 6.33. The van der Waals surface area contributed by atoms with Crippen LogP contribution in [-0.2, 0) is 4.74 Å². The lowest BCUT2D eigenvalue weighted by Gasteiger charge is -2.38. The highest BCUT2D eigenvalue weighted by Crippen LogP contribution is 2.23. The molecule has 2 rings (SSSR count). The first kappa shape index (κ1) is 17.8. The molecule has 128 valence electrons. The molecule has 1 aromatic rings. The van der Waals surface area contributed by atoms with Crippen LogP contribution in [0.2, 0.25) is 0 Å². The molecule has 1 N–H and O–H groups in total. The first-order valence-electron chi connectivity index (χ1n) is 8.12. The van der Waals surface area contributed by atoms with Gasteiger partial charge in [0.25, 0.3) is 5.91 Å². The Balaban J connectivity index is 1.99. The highest BCUT2D eigenvalue weighted by Gasteiger charge is 2.31. The lowest BCUT2D eigenvalue weighted by atomic mass is 9.89. The van der Waals surface area contributed by atoms with Crippen LogP contribution in [0.3, 0.4) is 0 Å². The van der Waals surface area contributed by atoms with Gasteiger partial charge in [0.15, 0.2) is 0 Å². The van der Waals surface area contributed by atoms with Crippen LogP contribution < -0.4 is 0 Å². The fourth-order valence-electron chi connectivity index (χ4n) is 3.18. The Bertz CT molecular complexity index is 483. The maximum atomic E-state index is 12.6. The van der Waals surface area contributed by atoms with E-state index in [0.29, 0.717) is 31.3 Å². The second kappa shape index (κ2) is 8.96. The normalized spacial score (nSPS) is 21.7.